The number of rotatable bonds is 4. The lowest BCUT2D eigenvalue weighted by Gasteiger charge is -2.29. The second-order valence-electron chi connectivity index (χ2n) is 10.4. The highest BCUT2D eigenvalue weighted by atomic mass is 19.4. The third kappa shape index (κ3) is 7.30. The average Bonchev–Trinajstić information content (AvgIpc) is 3.59. The standard InChI is InChI=1S/C24H37N5O2.C2HF3O2/c1-17-14-20(25-24(31)28-13-9-21(15-28)26(4)19(3)30)7-8-23(17)27-12-10-22(16-27)29-11-5-6-18(29)2;3-2(4,5)1(6)7/h7-8,14,18,21-22H,5-6,9-13,15-16H2,1-4H3,(H,25,31);(H,6,7). The Labute approximate surface area is 221 Å². The monoisotopic (exact) mass is 541 g/mol. The van der Waals surface area contributed by atoms with Gasteiger partial charge in [0.15, 0.2) is 0 Å². The summed E-state index contributed by atoms with van der Waals surface area (Å²) in [5, 5.41) is 10.2. The van der Waals surface area contributed by atoms with Gasteiger partial charge in [0, 0.05) is 63.6 Å². The lowest BCUT2D eigenvalue weighted by Crippen LogP contribution is -2.40. The third-order valence-electron chi connectivity index (χ3n) is 7.76. The van der Waals surface area contributed by atoms with E-state index < -0.39 is 12.1 Å². The average molecular weight is 542 g/mol. The van der Waals surface area contributed by atoms with Gasteiger partial charge < -0.3 is 25.1 Å². The first-order valence-electron chi connectivity index (χ1n) is 13.0. The molecule has 12 heteroatoms. The molecule has 3 fully saturated rings. The van der Waals surface area contributed by atoms with Crippen molar-refractivity contribution in [3.05, 3.63) is 23.8 Å². The number of likely N-dealkylation sites (tertiary alicyclic amines) is 2. The van der Waals surface area contributed by atoms with Crippen LogP contribution in [-0.2, 0) is 9.59 Å². The highest BCUT2D eigenvalue weighted by Crippen LogP contribution is 2.31. The van der Waals surface area contributed by atoms with Crippen molar-refractivity contribution in [2.24, 2.45) is 0 Å². The molecule has 2 N–H and O–H groups in total. The number of amides is 3. The molecule has 0 radical (unpaired) electrons. The highest BCUT2D eigenvalue weighted by molar-refractivity contribution is 5.90. The van der Waals surface area contributed by atoms with Gasteiger partial charge in [-0.3, -0.25) is 9.69 Å². The summed E-state index contributed by atoms with van der Waals surface area (Å²) in [5.41, 5.74) is 3.30. The molecule has 3 aliphatic heterocycles. The number of carboxylic acid groups (broad SMARTS) is 1. The van der Waals surface area contributed by atoms with Gasteiger partial charge in [-0.2, -0.15) is 13.2 Å². The number of hydrogen-bond acceptors (Lipinski definition) is 5. The topological polar surface area (TPSA) is 96.4 Å². The molecule has 3 unspecified atom stereocenters. The molecular weight excluding hydrogens is 503 g/mol. The molecule has 0 aromatic heterocycles. The molecule has 3 saturated heterocycles. The van der Waals surface area contributed by atoms with Crippen LogP contribution in [0.1, 0.15) is 45.1 Å². The Morgan fingerprint density at radius 1 is 1.08 bits per heavy atom. The molecule has 38 heavy (non-hydrogen) atoms. The molecule has 3 heterocycles. The number of carboxylic acids is 1. The normalized spacial score (nSPS) is 23.7. The van der Waals surface area contributed by atoms with Gasteiger partial charge in [0.1, 0.15) is 0 Å². The van der Waals surface area contributed by atoms with Crippen molar-refractivity contribution < 1.29 is 32.7 Å². The molecule has 212 valence electrons. The quantitative estimate of drug-likeness (QED) is 0.603. The fraction of sp³-hybridized carbons (Fsp3) is 0.654. The minimum atomic E-state index is -5.08. The summed E-state index contributed by atoms with van der Waals surface area (Å²) in [5.74, 6) is -2.71. The number of benzene rings is 1. The van der Waals surface area contributed by atoms with Gasteiger partial charge in [-0.25, -0.2) is 9.59 Å². The fourth-order valence-electron chi connectivity index (χ4n) is 5.52. The maximum atomic E-state index is 12.7. The van der Waals surface area contributed by atoms with Crippen molar-refractivity contribution in [2.75, 3.05) is 50.0 Å². The lowest BCUT2D eigenvalue weighted by atomic mass is 10.1. The van der Waals surface area contributed by atoms with Crippen LogP contribution in [0.4, 0.5) is 29.3 Å². The van der Waals surface area contributed by atoms with Crippen LogP contribution in [0.25, 0.3) is 0 Å². The van der Waals surface area contributed by atoms with E-state index in [4.69, 9.17) is 9.90 Å². The number of aliphatic carboxylic acids is 1. The van der Waals surface area contributed by atoms with Crippen molar-refractivity contribution in [2.45, 2.75) is 70.8 Å². The molecule has 0 spiro atoms. The molecule has 3 aliphatic rings. The maximum Gasteiger partial charge on any atom is 0.490 e. The molecule has 0 aliphatic carbocycles. The summed E-state index contributed by atoms with van der Waals surface area (Å²) >= 11 is 0. The Kier molecular flexibility index (Phi) is 9.50. The number of alkyl halides is 3. The maximum absolute atomic E-state index is 12.7. The summed E-state index contributed by atoms with van der Waals surface area (Å²) in [4.78, 5) is 41.9. The molecular formula is C26H38F3N5O4. The van der Waals surface area contributed by atoms with Gasteiger partial charge in [-0.1, -0.05) is 0 Å². The fourth-order valence-corrected chi connectivity index (χ4v) is 5.52. The third-order valence-corrected chi connectivity index (χ3v) is 7.76. The van der Waals surface area contributed by atoms with E-state index in [2.05, 4.69) is 41.1 Å². The number of likely N-dealkylation sites (N-methyl/N-ethyl adjacent to an activating group) is 1. The predicted molar refractivity (Wildman–Crippen MR) is 138 cm³/mol. The van der Waals surface area contributed by atoms with Crippen LogP contribution >= 0.6 is 0 Å². The van der Waals surface area contributed by atoms with Crippen molar-refractivity contribution in [1.82, 2.24) is 14.7 Å². The number of urea groups is 1. The molecule has 3 atom stereocenters. The molecule has 0 bridgehead atoms. The minimum Gasteiger partial charge on any atom is -0.475 e. The molecule has 9 nitrogen and oxygen atoms in total. The van der Waals surface area contributed by atoms with Crippen LogP contribution in [0.5, 0.6) is 0 Å². The summed E-state index contributed by atoms with van der Waals surface area (Å²) < 4.78 is 31.7. The van der Waals surface area contributed by atoms with Crippen LogP contribution in [0, 0.1) is 6.92 Å². The van der Waals surface area contributed by atoms with Crippen LogP contribution in [0.15, 0.2) is 18.2 Å². The Morgan fingerprint density at radius 3 is 2.32 bits per heavy atom. The zero-order valence-electron chi connectivity index (χ0n) is 22.4. The molecule has 0 saturated carbocycles. The Bertz CT molecular complexity index is 1020. The number of hydrogen-bond donors (Lipinski definition) is 2. The minimum absolute atomic E-state index is 0.0433. The second-order valence-corrected chi connectivity index (χ2v) is 10.4. The van der Waals surface area contributed by atoms with E-state index in [0.29, 0.717) is 25.2 Å². The van der Waals surface area contributed by atoms with Crippen molar-refractivity contribution in [3.63, 3.8) is 0 Å². The van der Waals surface area contributed by atoms with Crippen LogP contribution in [0.2, 0.25) is 0 Å². The van der Waals surface area contributed by atoms with Crippen molar-refractivity contribution in [1.29, 1.82) is 0 Å². The van der Waals surface area contributed by atoms with Gasteiger partial charge in [-0.05, 0) is 69.8 Å². The van der Waals surface area contributed by atoms with Crippen LogP contribution < -0.4 is 10.2 Å². The highest BCUT2D eigenvalue weighted by Gasteiger charge is 2.38. The van der Waals surface area contributed by atoms with Gasteiger partial charge in [0.2, 0.25) is 5.91 Å². The van der Waals surface area contributed by atoms with E-state index in [0.717, 1.165) is 25.2 Å². The smallest absolute Gasteiger partial charge is 0.475 e. The van der Waals surface area contributed by atoms with Gasteiger partial charge in [0.25, 0.3) is 0 Å². The SMILES string of the molecule is CC(=O)N(C)C1CCN(C(=O)Nc2ccc(N3CCC(N4CCCC4C)C3)c(C)c2)C1.O=C(O)C(F)(F)F. The zero-order chi connectivity index (χ0) is 28.2. The number of nitrogens with zero attached hydrogens (tertiary/aromatic N) is 4. The number of nitrogens with one attached hydrogen (secondary N) is 1. The van der Waals surface area contributed by atoms with Crippen molar-refractivity contribution >= 4 is 29.3 Å². The van der Waals surface area contributed by atoms with E-state index in [1.54, 1.807) is 16.7 Å². The summed E-state index contributed by atoms with van der Waals surface area (Å²) in [6.45, 7) is 10.8. The zero-order valence-corrected chi connectivity index (χ0v) is 22.4. The van der Waals surface area contributed by atoms with Crippen LogP contribution in [0.3, 0.4) is 0 Å². The number of halogens is 3. The van der Waals surface area contributed by atoms with E-state index in [1.807, 2.05) is 13.1 Å². The Hall–Kier alpha value is -3.02. The first kappa shape index (κ1) is 29.5. The van der Waals surface area contributed by atoms with Gasteiger partial charge in [0.05, 0.1) is 6.04 Å². The molecule has 3 amide bonds. The number of anilines is 2. The second kappa shape index (κ2) is 12.2. The first-order chi connectivity index (χ1) is 17.8. The van der Waals surface area contributed by atoms with E-state index in [1.165, 1.54) is 37.1 Å². The predicted octanol–water partition coefficient (Wildman–Crippen LogP) is 3.78. The number of aryl methyl sites for hydroxylation is 1. The molecule has 1 aromatic carbocycles. The van der Waals surface area contributed by atoms with Crippen molar-refractivity contribution in [3.8, 4) is 0 Å². The number of carbonyl (C=O) groups excluding carboxylic acids is 2. The van der Waals surface area contributed by atoms with Crippen LogP contribution in [-0.4, -0.2) is 102 Å². The number of carbonyl (C=O) groups is 3. The van der Waals surface area contributed by atoms with E-state index in [-0.39, 0.29) is 18.0 Å². The summed E-state index contributed by atoms with van der Waals surface area (Å²) in [6.07, 6.45) is -0.374. The Morgan fingerprint density at radius 2 is 1.76 bits per heavy atom. The van der Waals surface area contributed by atoms with Gasteiger partial charge in [-0.15, -0.1) is 0 Å². The molecule has 1 aromatic rings. The molecule has 4 rings (SSSR count). The lowest BCUT2D eigenvalue weighted by molar-refractivity contribution is -0.192. The first-order valence-corrected chi connectivity index (χ1v) is 13.0. The summed E-state index contributed by atoms with van der Waals surface area (Å²) in [6, 6.07) is 7.63. The Balaban J connectivity index is 0.000000505. The summed E-state index contributed by atoms with van der Waals surface area (Å²) in [7, 11) is 1.81. The van der Waals surface area contributed by atoms with E-state index >= 15 is 0 Å². The van der Waals surface area contributed by atoms with E-state index in [9.17, 15) is 22.8 Å². The van der Waals surface area contributed by atoms with Gasteiger partial charge >= 0.3 is 18.2 Å². The largest absolute Gasteiger partial charge is 0.490 e.